The predicted octanol–water partition coefficient (Wildman–Crippen LogP) is 3.65. The van der Waals surface area contributed by atoms with E-state index in [1.54, 1.807) is 31.4 Å². The van der Waals surface area contributed by atoms with Crippen molar-refractivity contribution in [3.05, 3.63) is 59.7 Å². The van der Waals surface area contributed by atoms with E-state index < -0.39 is 10.0 Å². The van der Waals surface area contributed by atoms with Gasteiger partial charge in [0.1, 0.15) is 0 Å². The number of amides is 1. The molecule has 0 aliphatic carbocycles. The zero-order chi connectivity index (χ0) is 20.0. The molecule has 0 atom stereocenters. The molecule has 6 nitrogen and oxygen atoms in total. The summed E-state index contributed by atoms with van der Waals surface area (Å²) < 4.78 is 32.7. The van der Waals surface area contributed by atoms with E-state index in [9.17, 15) is 13.2 Å². The van der Waals surface area contributed by atoms with Crippen molar-refractivity contribution in [2.24, 2.45) is 0 Å². The van der Waals surface area contributed by atoms with Gasteiger partial charge >= 0.3 is 0 Å². The summed E-state index contributed by atoms with van der Waals surface area (Å²) in [6.45, 7) is 1.44. The maximum atomic E-state index is 13.0. The van der Waals surface area contributed by atoms with Gasteiger partial charge in [0.25, 0.3) is 5.91 Å². The third-order valence-electron chi connectivity index (χ3n) is 4.86. The minimum Gasteiger partial charge on any atom is -0.380 e. The molecular formula is C21H26N2O4S. The fraction of sp³-hybridized carbons (Fsp3) is 0.381. The van der Waals surface area contributed by atoms with Gasteiger partial charge in [-0.15, -0.1) is 0 Å². The van der Waals surface area contributed by atoms with E-state index in [-0.39, 0.29) is 10.8 Å². The number of methoxy groups -OCH3 is 1. The number of nitrogens with zero attached hydrogens (tertiary/aromatic N) is 1. The summed E-state index contributed by atoms with van der Waals surface area (Å²) in [5.74, 6) is -0.350. The minimum absolute atomic E-state index is 0.159. The molecule has 1 heterocycles. The number of anilines is 1. The highest BCUT2D eigenvalue weighted by Crippen LogP contribution is 2.22. The molecule has 1 aliphatic heterocycles. The SMILES string of the molecule is COCc1ccccc1NC(=O)c1cccc(S(=O)(=O)N2CCCCCC2)c1. The normalized spacial score (nSPS) is 15.8. The quantitative estimate of drug-likeness (QED) is 0.800. The lowest BCUT2D eigenvalue weighted by atomic mass is 10.1. The molecular weight excluding hydrogens is 376 g/mol. The van der Waals surface area contributed by atoms with Crippen LogP contribution in [0.15, 0.2) is 53.4 Å². The van der Waals surface area contributed by atoms with Crippen LogP contribution in [0.5, 0.6) is 0 Å². The van der Waals surface area contributed by atoms with Crippen LogP contribution in [0.2, 0.25) is 0 Å². The van der Waals surface area contributed by atoms with E-state index in [0.29, 0.717) is 30.9 Å². The van der Waals surface area contributed by atoms with Gasteiger partial charge in [0.2, 0.25) is 10.0 Å². The Bertz CT molecular complexity index is 920. The van der Waals surface area contributed by atoms with Crippen LogP contribution in [-0.4, -0.2) is 38.8 Å². The molecule has 150 valence electrons. The van der Waals surface area contributed by atoms with Crippen LogP contribution in [0.1, 0.15) is 41.6 Å². The van der Waals surface area contributed by atoms with Crippen molar-refractivity contribution in [3.8, 4) is 0 Å². The van der Waals surface area contributed by atoms with E-state index in [0.717, 1.165) is 31.2 Å². The maximum absolute atomic E-state index is 13.0. The van der Waals surface area contributed by atoms with E-state index in [4.69, 9.17) is 4.74 Å². The summed E-state index contributed by atoms with van der Waals surface area (Å²) in [5.41, 5.74) is 1.81. The summed E-state index contributed by atoms with van der Waals surface area (Å²) >= 11 is 0. The molecule has 0 saturated carbocycles. The van der Waals surface area contributed by atoms with Crippen LogP contribution in [-0.2, 0) is 21.4 Å². The smallest absolute Gasteiger partial charge is 0.255 e. The Kier molecular flexibility index (Phi) is 6.83. The van der Waals surface area contributed by atoms with E-state index in [1.807, 2.05) is 18.2 Å². The Balaban J connectivity index is 1.82. The van der Waals surface area contributed by atoms with Crippen molar-refractivity contribution in [1.29, 1.82) is 0 Å². The Morgan fingerprint density at radius 3 is 2.46 bits per heavy atom. The van der Waals surface area contributed by atoms with Gasteiger partial charge in [-0.05, 0) is 37.1 Å². The molecule has 0 spiro atoms. The number of rotatable bonds is 6. The summed E-state index contributed by atoms with van der Waals surface area (Å²) in [7, 11) is -2.00. The van der Waals surface area contributed by atoms with Crippen LogP contribution in [0.25, 0.3) is 0 Å². The molecule has 1 N–H and O–H groups in total. The molecule has 3 rings (SSSR count). The first-order valence-corrected chi connectivity index (χ1v) is 10.9. The summed E-state index contributed by atoms with van der Waals surface area (Å²) in [6, 6.07) is 13.6. The van der Waals surface area contributed by atoms with E-state index >= 15 is 0 Å². The number of hydrogen-bond donors (Lipinski definition) is 1. The lowest BCUT2D eigenvalue weighted by molar-refractivity contribution is 0.102. The average Bonchev–Trinajstić information content (AvgIpc) is 3.00. The fourth-order valence-corrected chi connectivity index (χ4v) is 4.91. The number of carbonyl (C=O) groups excluding carboxylic acids is 1. The first kappa shape index (κ1) is 20.5. The highest BCUT2D eigenvalue weighted by molar-refractivity contribution is 7.89. The second-order valence-electron chi connectivity index (χ2n) is 6.89. The molecule has 28 heavy (non-hydrogen) atoms. The molecule has 1 amide bonds. The second kappa shape index (κ2) is 9.32. The van der Waals surface area contributed by atoms with Crippen molar-refractivity contribution in [1.82, 2.24) is 4.31 Å². The highest BCUT2D eigenvalue weighted by Gasteiger charge is 2.25. The number of para-hydroxylation sites is 1. The largest absolute Gasteiger partial charge is 0.380 e. The van der Waals surface area contributed by atoms with Gasteiger partial charge in [-0.3, -0.25) is 4.79 Å². The third-order valence-corrected chi connectivity index (χ3v) is 6.76. The minimum atomic E-state index is -3.60. The number of nitrogens with one attached hydrogen (secondary N) is 1. The molecule has 1 saturated heterocycles. The maximum Gasteiger partial charge on any atom is 0.255 e. The van der Waals surface area contributed by atoms with Crippen molar-refractivity contribution in [2.45, 2.75) is 37.2 Å². The van der Waals surface area contributed by atoms with Crippen molar-refractivity contribution >= 4 is 21.6 Å². The number of benzene rings is 2. The van der Waals surface area contributed by atoms with E-state index in [2.05, 4.69) is 5.32 Å². The summed E-state index contributed by atoms with van der Waals surface area (Å²) in [6.07, 6.45) is 3.84. The molecule has 7 heteroatoms. The van der Waals surface area contributed by atoms with Crippen LogP contribution < -0.4 is 5.32 Å². The Labute approximate surface area is 166 Å². The van der Waals surface area contributed by atoms with E-state index in [1.165, 1.54) is 10.4 Å². The Morgan fingerprint density at radius 1 is 1.04 bits per heavy atom. The van der Waals surface area contributed by atoms with Gasteiger partial charge in [0.15, 0.2) is 0 Å². The van der Waals surface area contributed by atoms with Gasteiger partial charge < -0.3 is 10.1 Å². The van der Waals surface area contributed by atoms with Gasteiger partial charge in [-0.2, -0.15) is 4.31 Å². The predicted molar refractivity (Wildman–Crippen MR) is 109 cm³/mol. The van der Waals surface area contributed by atoms with Crippen LogP contribution >= 0.6 is 0 Å². The average molecular weight is 403 g/mol. The fourth-order valence-electron chi connectivity index (χ4n) is 3.35. The van der Waals surface area contributed by atoms with Gasteiger partial charge in [-0.1, -0.05) is 37.1 Å². The third kappa shape index (κ3) is 4.79. The highest BCUT2D eigenvalue weighted by atomic mass is 32.2. The van der Waals surface area contributed by atoms with Crippen molar-refractivity contribution < 1.29 is 17.9 Å². The number of hydrogen-bond acceptors (Lipinski definition) is 4. The molecule has 0 unspecified atom stereocenters. The standard InChI is InChI=1S/C21H26N2O4S/c1-27-16-18-9-4-5-12-20(18)22-21(24)17-10-8-11-19(15-17)28(25,26)23-13-6-2-3-7-14-23/h4-5,8-12,15H,2-3,6-7,13-14,16H2,1H3,(H,22,24). The molecule has 1 aliphatic rings. The first-order chi connectivity index (χ1) is 13.5. The second-order valence-corrected chi connectivity index (χ2v) is 8.83. The van der Waals surface area contributed by atoms with Gasteiger partial charge in [-0.25, -0.2) is 8.42 Å². The lowest BCUT2D eigenvalue weighted by Gasteiger charge is -2.20. The van der Waals surface area contributed by atoms with Crippen LogP contribution in [0.4, 0.5) is 5.69 Å². The van der Waals surface area contributed by atoms with Crippen molar-refractivity contribution in [2.75, 3.05) is 25.5 Å². The number of carbonyl (C=O) groups is 1. The van der Waals surface area contributed by atoms with Crippen molar-refractivity contribution in [3.63, 3.8) is 0 Å². The zero-order valence-electron chi connectivity index (χ0n) is 16.1. The van der Waals surface area contributed by atoms with Crippen LogP contribution in [0.3, 0.4) is 0 Å². The van der Waals surface area contributed by atoms with Gasteiger partial charge in [0, 0.05) is 37.0 Å². The molecule has 1 fully saturated rings. The number of sulfonamides is 1. The summed E-state index contributed by atoms with van der Waals surface area (Å²) in [5, 5.41) is 2.85. The molecule has 0 aromatic heterocycles. The molecule has 0 bridgehead atoms. The summed E-state index contributed by atoms with van der Waals surface area (Å²) in [4.78, 5) is 12.9. The lowest BCUT2D eigenvalue weighted by Crippen LogP contribution is -2.32. The first-order valence-electron chi connectivity index (χ1n) is 9.51. The molecule has 0 radical (unpaired) electrons. The molecule has 2 aromatic carbocycles. The monoisotopic (exact) mass is 402 g/mol. The molecule has 2 aromatic rings. The Hall–Kier alpha value is -2.22. The number of ether oxygens (including phenoxy) is 1. The van der Waals surface area contributed by atoms with Gasteiger partial charge in [0.05, 0.1) is 11.5 Å². The zero-order valence-corrected chi connectivity index (χ0v) is 16.9. The topological polar surface area (TPSA) is 75.7 Å². The Morgan fingerprint density at radius 2 is 1.75 bits per heavy atom. The van der Waals surface area contributed by atoms with Crippen LogP contribution in [0, 0.1) is 0 Å².